The van der Waals surface area contributed by atoms with Gasteiger partial charge in [-0.1, -0.05) is 0 Å². The average Bonchev–Trinajstić information content (AvgIpc) is 2.39. The Hall–Kier alpha value is -1.63. The van der Waals surface area contributed by atoms with Gasteiger partial charge in [-0.15, -0.1) is 0 Å². The van der Waals surface area contributed by atoms with Crippen LogP contribution >= 0.6 is 0 Å². The van der Waals surface area contributed by atoms with Gasteiger partial charge in [0.25, 0.3) is 0 Å². The van der Waals surface area contributed by atoms with Gasteiger partial charge in [0.1, 0.15) is 0 Å². The van der Waals surface area contributed by atoms with Crippen molar-refractivity contribution in [3.8, 4) is 0 Å². The zero-order valence-electron chi connectivity index (χ0n) is 13.7. The van der Waals surface area contributed by atoms with E-state index in [-0.39, 0.29) is 12.1 Å². The van der Waals surface area contributed by atoms with Crippen molar-refractivity contribution in [3.05, 3.63) is 0 Å². The molecule has 120 valence electrons. The number of nitrogens with one attached hydrogen (secondary N) is 2. The summed E-state index contributed by atoms with van der Waals surface area (Å²) in [7, 11) is 0. The molecular weight excluding hydrogens is 268 g/mol. The van der Waals surface area contributed by atoms with Crippen LogP contribution in [-0.2, 0) is 0 Å². The maximum Gasteiger partial charge on any atom is 0.231 e. The molecule has 3 N–H and O–H groups in total. The first-order chi connectivity index (χ1) is 9.99. The van der Waals surface area contributed by atoms with Gasteiger partial charge >= 0.3 is 0 Å². The summed E-state index contributed by atoms with van der Waals surface area (Å²) < 4.78 is 0. The SMILES string of the molecule is CCNc1nc(NC(C)CC(C)O)nc(N(CC)CC)n1. The molecule has 0 aliphatic rings. The van der Waals surface area contributed by atoms with Crippen LogP contribution in [0.15, 0.2) is 0 Å². The van der Waals surface area contributed by atoms with Gasteiger partial charge in [0, 0.05) is 25.7 Å². The third-order valence-electron chi connectivity index (χ3n) is 3.07. The zero-order chi connectivity index (χ0) is 15.8. The third kappa shape index (κ3) is 5.71. The first-order valence-electron chi connectivity index (χ1n) is 7.69. The number of aliphatic hydroxyl groups excluding tert-OH is 1. The molecule has 0 aliphatic carbocycles. The number of rotatable bonds is 9. The van der Waals surface area contributed by atoms with Gasteiger partial charge in [0.05, 0.1) is 6.10 Å². The maximum absolute atomic E-state index is 9.44. The van der Waals surface area contributed by atoms with Crippen molar-refractivity contribution >= 4 is 17.8 Å². The molecule has 0 fully saturated rings. The number of aromatic nitrogens is 3. The van der Waals surface area contributed by atoms with E-state index in [9.17, 15) is 5.11 Å². The fraction of sp³-hybridized carbons (Fsp3) is 0.786. The van der Waals surface area contributed by atoms with Crippen LogP contribution in [0.5, 0.6) is 0 Å². The van der Waals surface area contributed by atoms with Gasteiger partial charge < -0.3 is 20.6 Å². The van der Waals surface area contributed by atoms with Crippen LogP contribution in [0.25, 0.3) is 0 Å². The average molecular weight is 296 g/mol. The van der Waals surface area contributed by atoms with Crippen molar-refractivity contribution in [1.82, 2.24) is 15.0 Å². The van der Waals surface area contributed by atoms with Crippen molar-refractivity contribution < 1.29 is 5.11 Å². The highest BCUT2D eigenvalue weighted by Gasteiger charge is 2.13. The Morgan fingerprint density at radius 2 is 1.67 bits per heavy atom. The number of hydrogen-bond donors (Lipinski definition) is 3. The smallest absolute Gasteiger partial charge is 0.231 e. The number of nitrogens with zero attached hydrogens (tertiary/aromatic N) is 4. The van der Waals surface area contributed by atoms with Gasteiger partial charge in [-0.05, 0) is 41.0 Å². The lowest BCUT2D eigenvalue weighted by molar-refractivity contribution is 0.179. The number of aliphatic hydroxyl groups is 1. The third-order valence-corrected chi connectivity index (χ3v) is 3.07. The summed E-state index contributed by atoms with van der Waals surface area (Å²) in [6, 6.07) is 0.0893. The molecule has 21 heavy (non-hydrogen) atoms. The van der Waals surface area contributed by atoms with E-state index in [1.807, 2.05) is 13.8 Å². The molecule has 0 radical (unpaired) electrons. The van der Waals surface area contributed by atoms with Crippen molar-refractivity contribution in [2.24, 2.45) is 0 Å². The first kappa shape index (κ1) is 17.4. The first-order valence-corrected chi connectivity index (χ1v) is 7.69. The fourth-order valence-electron chi connectivity index (χ4n) is 2.11. The highest BCUT2D eigenvalue weighted by atomic mass is 16.3. The zero-order valence-corrected chi connectivity index (χ0v) is 13.7. The molecule has 2 unspecified atom stereocenters. The van der Waals surface area contributed by atoms with Gasteiger partial charge in [0.15, 0.2) is 0 Å². The van der Waals surface area contributed by atoms with E-state index >= 15 is 0 Å². The molecule has 1 aromatic rings. The quantitative estimate of drug-likeness (QED) is 0.639. The Balaban J connectivity index is 2.96. The van der Waals surface area contributed by atoms with Crippen LogP contribution in [-0.4, -0.2) is 51.8 Å². The van der Waals surface area contributed by atoms with Crippen LogP contribution in [0.1, 0.15) is 41.0 Å². The minimum Gasteiger partial charge on any atom is -0.393 e. The van der Waals surface area contributed by atoms with Crippen molar-refractivity contribution in [3.63, 3.8) is 0 Å². The lowest BCUT2D eigenvalue weighted by atomic mass is 10.2. The molecule has 0 aromatic carbocycles. The molecule has 0 spiro atoms. The van der Waals surface area contributed by atoms with Crippen LogP contribution in [0.4, 0.5) is 17.8 Å². The second-order valence-corrected chi connectivity index (χ2v) is 5.12. The molecule has 1 aromatic heterocycles. The number of hydrogen-bond acceptors (Lipinski definition) is 7. The molecule has 7 nitrogen and oxygen atoms in total. The molecule has 1 heterocycles. The van der Waals surface area contributed by atoms with Crippen LogP contribution < -0.4 is 15.5 Å². The second-order valence-electron chi connectivity index (χ2n) is 5.12. The minimum atomic E-state index is -0.357. The Kier molecular flexibility index (Phi) is 7.14. The van der Waals surface area contributed by atoms with Gasteiger partial charge in [-0.3, -0.25) is 0 Å². The van der Waals surface area contributed by atoms with Crippen LogP contribution in [0.2, 0.25) is 0 Å². The Morgan fingerprint density at radius 1 is 1.05 bits per heavy atom. The Morgan fingerprint density at radius 3 is 2.19 bits per heavy atom. The molecule has 0 saturated carbocycles. The summed E-state index contributed by atoms with van der Waals surface area (Å²) in [4.78, 5) is 15.4. The molecular formula is C14H28N6O. The van der Waals surface area contributed by atoms with Gasteiger partial charge in [0.2, 0.25) is 17.8 Å². The summed E-state index contributed by atoms with van der Waals surface area (Å²) >= 11 is 0. The predicted octanol–water partition coefficient (Wildman–Crippen LogP) is 1.72. The van der Waals surface area contributed by atoms with E-state index in [1.165, 1.54) is 0 Å². The molecule has 2 atom stereocenters. The topological polar surface area (TPSA) is 86.2 Å². The largest absolute Gasteiger partial charge is 0.393 e. The summed E-state index contributed by atoms with van der Waals surface area (Å²) in [5.41, 5.74) is 0. The molecule has 7 heteroatoms. The molecule has 0 saturated heterocycles. The normalized spacial score (nSPS) is 13.6. The van der Waals surface area contributed by atoms with Crippen LogP contribution in [0.3, 0.4) is 0 Å². The van der Waals surface area contributed by atoms with Crippen molar-refractivity contribution in [2.75, 3.05) is 35.2 Å². The Labute approximate surface area is 127 Å². The van der Waals surface area contributed by atoms with E-state index in [0.29, 0.717) is 24.3 Å². The molecule has 0 amide bonds. The summed E-state index contributed by atoms with van der Waals surface area (Å²) in [5, 5.41) is 15.8. The van der Waals surface area contributed by atoms with Crippen molar-refractivity contribution in [2.45, 2.75) is 53.2 Å². The van der Waals surface area contributed by atoms with Crippen LogP contribution in [0, 0.1) is 0 Å². The standard InChI is InChI=1S/C14H28N6O/c1-6-15-12-17-13(16-10(4)9-11(5)21)19-14(18-12)20(7-2)8-3/h10-11,21H,6-9H2,1-5H3,(H2,15,16,17,18,19). The summed E-state index contributed by atoms with van der Waals surface area (Å²) in [6.45, 7) is 12.4. The monoisotopic (exact) mass is 296 g/mol. The van der Waals surface area contributed by atoms with E-state index in [0.717, 1.165) is 19.6 Å². The van der Waals surface area contributed by atoms with Gasteiger partial charge in [-0.25, -0.2) is 0 Å². The predicted molar refractivity (Wildman–Crippen MR) is 86.9 cm³/mol. The molecule has 0 aliphatic heterocycles. The van der Waals surface area contributed by atoms with Crippen molar-refractivity contribution in [1.29, 1.82) is 0 Å². The number of anilines is 3. The van der Waals surface area contributed by atoms with E-state index in [1.54, 1.807) is 6.92 Å². The van der Waals surface area contributed by atoms with E-state index in [4.69, 9.17) is 0 Å². The fourth-order valence-corrected chi connectivity index (χ4v) is 2.11. The second kappa shape index (κ2) is 8.61. The van der Waals surface area contributed by atoms with E-state index < -0.39 is 0 Å². The van der Waals surface area contributed by atoms with E-state index in [2.05, 4.69) is 44.3 Å². The molecule has 0 bridgehead atoms. The maximum atomic E-state index is 9.44. The lowest BCUT2D eigenvalue weighted by Crippen LogP contribution is -2.27. The Bertz CT molecular complexity index is 422. The minimum absolute atomic E-state index is 0.0893. The highest BCUT2D eigenvalue weighted by molar-refractivity contribution is 5.44. The lowest BCUT2D eigenvalue weighted by Gasteiger charge is -2.21. The molecule has 1 rings (SSSR count). The summed E-state index contributed by atoms with van der Waals surface area (Å²) in [5.74, 6) is 1.77. The van der Waals surface area contributed by atoms with Gasteiger partial charge in [-0.2, -0.15) is 15.0 Å². The summed E-state index contributed by atoms with van der Waals surface area (Å²) in [6.07, 6.45) is 0.285. The highest BCUT2D eigenvalue weighted by Crippen LogP contribution is 2.15.